The lowest BCUT2D eigenvalue weighted by Gasteiger charge is -2.39. The lowest BCUT2D eigenvalue weighted by atomic mass is 9.72. The van der Waals surface area contributed by atoms with Crippen molar-refractivity contribution in [3.05, 3.63) is 105 Å². The van der Waals surface area contributed by atoms with Crippen LogP contribution in [0.4, 0.5) is 28.4 Å². The number of benzene rings is 3. The van der Waals surface area contributed by atoms with Crippen molar-refractivity contribution in [3.63, 3.8) is 0 Å². The molecule has 1 aliphatic carbocycles. The van der Waals surface area contributed by atoms with Crippen molar-refractivity contribution in [2.45, 2.75) is 50.5 Å². The Morgan fingerprint density at radius 2 is 1.71 bits per heavy atom. The van der Waals surface area contributed by atoms with Gasteiger partial charge in [0.25, 0.3) is 21.6 Å². The van der Waals surface area contributed by atoms with Crippen LogP contribution in [0.1, 0.15) is 55.5 Å². The predicted molar refractivity (Wildman–Crippen MR) is 269 cm³/mol. The Kier molecular flexibility index (Phi) is 13.0. The summed E-state index contributed by atoms with van der Waals surface area (Å²) in [6.45, 7) is 13.9. The first kappa shape index (κ1) is 46.8. The Morgan fingerprint density at radius 1 is 0.942 bits per heavy atom. The van der Waals surface area contributed by atoms with Gasteiger partial charge in [-0.3, -0.25) is 24.7 Å². The smallest absolute Gasteiger partial charge is 0.297 e. The molecule has 0 bridgehead atoms. The van der Waals surface area contributed by atoms with Crippen molar-refractivity contribution < 1.29 is 27.6 Å². The van der Waals surface area contributed by atoms with Gasteiger partial charge in [0.05, 0.1) is 33.7 Å². The number of piperazine rings is 2. The first-order valence-electron chi connectivity index (χ1n) is 23.8. The van der Waals surface area contributed by atoms with E-state index in [2.05, 4.69) is 67.7 Å². The van der Waals surface area contributed by atoms with Gasteiger partial charge in [0.15, 0.2) is 11.4 Å². The van der Waals surface area contributed by atoms with E-state index in [0.29, 0.717) is 49.0 Å². The highest BCUT2D eigenvalue weighted by Crippen LogP contribution is 2.45. The van der Waals surface area contributed by atoms with Crippen LogP contribution < -0.4 is 29.3 Å². The van der Waals surface area contributed by atoms with Gasteiger partial charge >= 0.3 is 0 Å². The SMILES string of the molecule is CN1CCN(CC2COc3cc(S(=O)(=O)NC(=O)c4ccc(N5CCN(CC6=C(c7ccc(Cl)cc7)CC(C)(C)CC6)CC5)cc4N4CCCOc5nc6[nH]ccc6cc54)cc([N+](=O)[O-])c3N2)CC1. The Hall–Kier alpha value is -5.92. The third-order valence-electron chi connectivity index (χ3n) is 14.2. The molecular weight excluding hydrogens is 920 g/mol. The molecule has 1 unspecified atom stereocenters. The lowest BCUT2D eigenvalue weighted by molar-refractivity contribution is -0.384. The Balaban J connectivity index is 0.921. The number of carbonyl (C=O) groups is 1. The average molecular weight is 980 g/mol. The molecular formula is C50H59ClN10O7S. The molecule has 10 rings (SSSR count). The fourth-order valence-electron chi connectivity index (χ4n) is 10.3. The molecule has 69 heavy (non-hydrogen) atoms. The highest BCUT2D eigenvalue weighted by atomic mass is 35.5. The number of pyridine rings is 1. The molecule has 0 spiro atoms. The van der Waals surface area contributed by atoms with Crippen LogP contribution in [0.15, 0.2) is 83.4 Å². The van der Waals surface area contributed by atoms with E-state index in [0.717, 1.165) is 100 Å². The normalized spacial score (nSPS) is 20.3. The van der Waals surface area contributed by atoms with Crippen molar-refractivity contribution in [3.8, 4) is 11.6 Å². The first-order valence-corrected chi connectivity index (χ1v) is 25.7. The molecule has 0 radical (unpaired) electrons. The molecule has 364 valence electrons. The average Bonchev–Trinajstić information content (AvgIpc) is 3.70. The second-order valence-corrected chi connectivity index (χ2v) is 21.9. The van der Waals surface area contributed by atoms with Crippen LogP contribution in [0.2, 0.25) is 5.02 Å². The van der Waals surface area contributed by atoms with E-state index in [1.807, 2.05) is 41.3 Å². The number of aromatic nitrogens is 2. The summed E-state index contributed by atoms with van der Waals surface area (Å²) in [7, 11) is -2.59. The number of halogens is 1. The minimum absolute atomic E-state index is 0.0305. The number of nitro benzene ring substituents is 1. The number of amides is 1. The van der Waals surface area contributed by atoms with E-state index >= 15 is 0 Å². The van der Waals surface area contributed by atoms with E-state index < -0.39 is 31.4 Å². The summed E-state index contributed by atoms with van der Waals surface area (Å²) in [5.74, 6) is -0.474. The number of anilines is 4. The zero-order valence-corrected chi connectivity index (χ0v) is 40.9. The monoisotopic (exact) mass is 978 g/mol. The molecule has 5 aliphatic rings. The molecule has 2 saturated heterocycles. The number of carbonyl (C=O) groups excluding carboxylic acids is 1. The standard InChI is InChI=1S/C50H59ClN10O7S/c1-50(2)13-11-35(41(29-50)33-5-7-36(51)8-6-33)30-57-20-22-59(23-21-57)38-9-10-40(42(26-38)60-15-4-24-67-49-44(60)25-34-12-14-52-47(34)54-49)48(62)55-69(65,66)39-27-43(61(63)64)46-45(28-39)68-32-37(53-46)31-58-18-16-56(3)17-19-58/h5-10,12,14,25-28,37,53H,4,11,13,15-24,29-32H2,1-3H3,(H,52,54)(H,55,62). The van der Waals surface area contributed by atoms with Gasteiger partial charge in [-0.05, 0) is 91.7 Å². The van der Waals surface area contributed by atoms with Crippen LogP contribution in [0.25, 0.3) is 16.6 Å². The minimum atomic E-state index is -4.66. The second-order valence-electron chi connectivity index (χ2n) is 19.7. The van der Waals surface area contributed by atoms with Crippen LogP contribution in [0, 0.1) is 15.5 Å². The van der Waals surface area contributed by atoms with Gasteiger partial charge < -0.3 is 34.5 Å². The number of nitrogens with zero attached hydrogens (tertiary/aromatic N) is 7. The predicted octanol–water partition coefficient (Wildman–Crippen LogP) is 7.37. The number of hydrogen-bond donors (Lipinski definition) is 3. The number of nitrogens with one attached hydrogen (secondary N) is 3. The van der Waals surface area contributed by atoms with Crippen LogP contribution in [-0.4, -0.2) is 142 Å². The molecule has 0 saturated carbocycles. The number of likely N-dealkylation sites (N-methyl/N-ethyl adjacent to an activating group) is 1. The molecule has 4 aliphatic heterocycles. The highest BCUT2D eigenvalue weighted by Gasteiger charge is 2.35. The van der Waals surface area contributed by atoms with E-state index in [9.17, 15) is 23.3 Å². The zero-order valence-electron chi connectivity index (χ0n) is 39.3. The molecule has 3 N–H and O–H groups in total. The maximum atomic E-state index is 14.5. The number of allylic oxidation sites excluding steroid dienone is 1. The molecule has 19 heteroatoms. The number of ether oxygens (including phenoxy) is 2. The van der Waals surface area contributed by atoms with E-state index in [-0.39, 0.29) is 35.1 Å². The van der Waals surface area contributed by atoms with Crippen molar-refractivity contribution in [1.29, 1.82) is 0 Å². The Bertz CT molecular complexity index is 2910. The number of aromatic amines is 1. The second kappa shape index (κ2) is 19.1. The molecule has 3 aromatic carbocycles. The maximum absolute atomic E-state index is 14.5. The maximum Gasteiger partial charge on any atom is 0.297 e. The third kappa shape index (κ3) is 10.1. The molecule has 1 atom stereocenters. The summed E-state index contributed by atoms with van der Waals surface area (Å²) < 4.78 is 42.8. The molecule has 1 amide bonds. The molecule has 6 heterocycles. The summed E-state index contributed by atoms with van der Waals surface area (Å²) >= 11 is 6.28. The summed E-state index contributed by atoms with van der Waals surface area (Å²) in [6.07, 6.45) is 5.59. The molecule has 5 aromatic rings. The largest absolute Gasteiger partial charge is 0.489 e. The van der Waals surface area contributed by atoms with E-state index in [1.54, 1.807) is 12.3 Å². The number of fused-ring (bicyclic) bond motifs is 3. The van der Waals surface area contributed by atoms with Crippen molar-refractivity contribution >= 4 is 72.6 Å². The van der Waals surface area contributed by atoms with E-state index in [4.69, 9.17) is 26.1 Å². The van der Waals surface area contributed by atoms with Crippen molar-refractivity contribution in [1.82, 2.24) is 29.4 Å². The third-order valence-corrected chi connectivity index (χ3v) is 15.8. The lowest BCUT2D eigenvalue weighted by Crippen LogP contribution is -2.50. The Labute approximate surface area is 407 Å². The summed E-state index contributed by atoms with van der Waals surface area (Å²) in [4.78, 5) is 45.2. The topological polar surface area (TPSA) is 182 Å². The zero-order chi connectivity index (χ0) is 48.0. The van der Waals surface area contributed by atoms with Gasteiger partial charge in [0.2, 0.25) is 5.88 Å². The number of nitro groups is 1. The highest BCUT2D eigenvalue weighted by molar-refractivity contribution is 7.90. The van der Waals surface area contributed by atoms with Gasteiger partial charge in [0.1, 0.15) is 17.9 Å². The number of sulfonamides is 1. The van der Waals surface area contributed by atoms with Crippen molar-refractivity contribution in [2.24, 2.45) is 5.41 Å². The number of hydrogen-bond acceptors (Lipinski definition) is 14. The van der Waals surface area contributed by atoms with Crippen LogP contribution in [0.3, 0.4) is 0 Å². The first-order chi connectivity index (χ1) is 33.2. The number of rotatable bonds is 11. The van der Waals surface area contributed by atoms with Gasteiger partial charge in [-0.15, -0.1) is 0 Å². The summed E-state index contributed by atoms with van der Waals surface area (Å²) in [6, 6.07) is 19.5. The fourth-order valence-corrected chi connectivity index (χ4v) is 11.4. The van der Waals surface area contributed by atoms with Gasteiger partial charge in [-0.25, -0.2) is 13.1 Å². The van der Waals surface area contributed by atoms with Crippen molar-refractivity contribution in [2.75, 3.05) is 107 Å². The summed E-state index contributed by atoms with van der Waals surface area (Å²) in [5.41, 5.74) is 6.75. The quantitative estimate of drug-likeness (QED) is 0.0882. The van der Waals surface area contributed by atoms with Gasteiger partial charge in [0, 0.05) is 106 Å². The van der Waals surface area contributed by atoms with E-state index in [1.165, 1.54) is 22.8 Å². The van der Waals surface area contributed by atoms with Crippen LogP contribution >= 0.6 is 11.6 Å². The minimum Gasteiger partial charge on any atom is -0.489 e. The Morgan fingerprint density at radius 3 is 2.48 bits per heavy atom. The van der Waals surface area contributed by atoms with Crippen LogP contribution in [-0.2, 0) is 10.0 Å². The fraction of sp³-hybridized carbons (Fsp3) is 0.440. The number of H-pyrrole nitrogens is 1. The van der Waals surface area contributed by atoms with Gasteiger partial charge in [-0.2, -0.15) is 4.98 Å². The summed E-state index contributed by atoms with van der Waals surface area (Å²) in [5, 5.41) is 17.3. The molecule has 2 aromatic heterocycles. The molecule has 17 nitrogen and oxygen atoms in total. The van der Waals surface area contributed by atoms with Gasteiger partial charge in [-0.1, -0.05) is 43.2 Å². The molecule has 2 fully saturated rings. The van der Waals surface area contributed by atoms with Crippen LogP contribution in [0.5, 0.6) is 11.6 Å².